The van der Waals surface area contributed by atoms with Crippen LogP contribution in [0.3, 0.4) is 0 Å². The van der Waals surface area contributed by atoms with E-state index in [1.807, 2.05) is 0 Å². The van der Waals surface area contributed by atoms with Gasteiger partial charge in [0.15, 0.2) is 0 Å². The first-order valence-electron chi connectivity index (χ1n) is 10.0. The summed E-state index contributed by atoms with van der Waals surface area (Å²) >= 11 is 0. The molecule has 25 heavy (non-hydrogen) atoms. The Balaban J connectivity index is 1.22. The molecule has 4 heteroatoms. The second-order valence-corrected chi connectivity index (χ2v) is 8.06. The van der Waals surface area contributed by atoms with Gasteiger partial charge in [0, 0.05) is 26.2 Å². The number of hydrogen-bond acceptors (Lipinski definition) is 4. The predicted octanol–water partition coefficient (Wildman–Crippen LogP) is 3.08. The molecule has 1 aromatic carbocycles. The van der Waals surface area contributed by atoms with Crippen LogP contribution in [0.15, 0.2) is 18.2 Å². The lowest BCUT2D eigenvalue weighted by Crippen LogP contribution is -2.45. The van der Waals surface area contributed by atoms with E-state index in [-0.39, 0.29) is 0 Å². The average Bonchev–Trinajstić information content (AvgIpc) is 3.09. The van der Waals surface area contributed by atoms with Gasteiger partial charge in [0.2, 0.25) is 0 Å². The zero-order chi connectivity index (χ0) is 17.1. The molecular formula is C21H32N2O2. The lowest BCUT2D eigenvalue weighted by molar-refractivity contribution is 0.000123. The summed E-state index contributed by atoms with van der Waals surface area (Å²) in [5.74, 6) is 1.86. The number of nitrogens with zero attached hydrogens (tertiary/aromatic N) is 2. The number of benzene rings is 1. The Labute approximate surface area is 152 Å². The number of morpholine rings is 1. The Morgan fingerprint density at radius 3 is 2.52 bits per heavy atom. The molecule has 0 radical (unpaired) electrons. The van der Waals surface area contributed by atoms with Crippen LogP contribution in [0.25, 0.3) is 0 Å². The van der Waals surface area contributed by atoms with Crippen molar-refractivity contribution in [1.29, 1.82) is 0 Å². The van der Waals surface area contributed by atoms with Crippen LogP contribution in [0.1, 0.15) is 36.8 Å². The first-order chi connectivity index (χ1) is 12.3. The molecule has 0 bridgehead atoms. The predicted molar refractivity (Wildman–Crippen MR) is 100 cm³/mol. The standard InChI is InChI=1S/C21H32N2O2/c1-17-12-20(5-4-19(17)16-22-6-2-3-7-22)25-21-13-18(14-21)15-23-8-10-24-11-9-23/h4-5,12,18,21H,2-3,6-11,13-16H2,1H3. The summed E-state index contributed by atoms with van der Waals surface area (Å²) in [6.45, 7) is 11.0. The maximum atomic E-state index is 6.22. The summed E-state index contributed by atoms with van der Waals surface area (Å²) < 4.78 is 11.6. The molecule has 4 rings (SSSR count). The van der Waals surface area contributed by atoms with Gasteiger partial charge in [-0.1, -0.05) is 6.07 Å². The first-order valence-corrected chi connectivity index (χ1v) is 10.0. The van der Waals surface area contributed by atoms with Crippen LogP contribution in [0.5, 0.6) is 5.75 Å². The number of hydrogen-bond donors (Lipinski definition) is 0. The molecule has 2 saturated heterocycles. The van der Waals surface area contributed by atoms with E-state index in [4.69, 9.17) is 9.47 Å². The molecule has 1 aliphatic carbocycles. The van der Waals surface area contributed by atoms with Crippen molar-refractivity contribution >= 4 is 0 Å². The van der Waals surface area contributed by atoms with Crippen LogP contribution in [0.2, 0.25) is 0 Å². The molecule has 1 aromatic rings. The van der Waals surface area contributed by atoms with Crippen molar-refractivity contribution in [2.75, 3.05) is 45.9 Å². The molecule has 0 aromatic heterocycles. The maximum Gasteiger partial charge on any atom is 0.120 e. The fourth-order valence-electron chi connectivity index (χ4n) is 4.36. The monoisotopic (exact) mass is 344 g/mol. The summed E-state index contributed by atoms with van der Waals surface area (Å²) in [4.78, 5) is 5.10. The molecule has 0 unspecified atom stereocenters. The third-order valence-corrected chi connectivity index (χ3v) is 6.02. The summed E-state index contributed by atoms with van der Waals surface area (Å²) in [7, 11) is 0. The quantitative estimate of drug-likeness (QED) is 0.792. The normalized spacial score (nSPS) is 28.0. The minimum absolute atomic E-state index is 0.412. The third-order valence-electron chi connectivity index (χ3n) is 6.02. The van der Waals surface area contributed by atoms with E-state index in [9.17, 15) is 0 Å². The molecule has 0 spiro atoms. The SMILES string of the molecule is Cc1cc(OC2CC(CN3CCOCC3)C2)ccc1CN1CCCC1. The van der Waals surface area contributed by atoms with Gasteiger partial charge in [-0.3, -0.25) is 9.80 Å². The molecule has 0 atom stereocenters. The summed E-state index contributed by atoms with van der Waals surface area (Å²) in [5.41, 5.74) is 2.82. The molecule has 138 valence electrons. The lowest BCUT2D eigenvalue weighted by Gasteiger charge is -2.39. The van der Waals surface area contributed by atoms with Crippen molar-refractivity contribution in [2.24, 2.45) is 5.92 Å². The van der Waals surface area contributed by atoms with E-state index in [1.165, 1.54) is 56.4 Å². The highest BCUT2D eigenvalue weighted by Gasteiger charge is 2.32. The van der Waals surface area contributed by atoms with Crippen molar-refractivity contribution in [1.82, 2.24) is 9.80 Å². The first kappa shape index (κ1) is 17.3. The van der Waals surface area contributed by atoms with Crippen molar-refractivity contribution < 1.29 is 9.47 Å². The Kier molecular flexibility index (Phi) is 5.59. The second-order valence-electron chi connectivity index (χ2n) is 8.06. The summed E-state index contributed by atoms with van der Waals surface area (Å²) in [6, 6.07) is 6.68. The van der Waals surface area contributed by atoms with Crippen LogP contribution in [-0.4, -0.2) is 61.8 Å². The molecule has 3 aliphatic rings. The molecule has 3 fully saturated rings. The van der Waals surface area contributed by atoms with Crippen molar-refractivity contribution in [3.05, 3.63) is 29.3 Å². The van der Waals surface area contributed by atoms with Gasteiger partial charge in [0.1, 0.15) is 5.75 Å². The Morgan fingerprint density at radius 2 is 1.80 bits per heavy atom. The minimum Gasteiger partial charge on any atom is -0.490 e. The lowest BCUT2D eigenvalue weighted by atomic mass is 9.81. The highest BCUT2D eigenvalue weighted by atomic mass is 16.5. The topological polar surface area (TPSA) is 24.9 Å². The van der Waals surface area contributed by atoms with E-state index in [1.54, 1.807) is 0 Å². The molecule has 4 nitrogen and oxygen atoms in total. The smallest absolute Gasteiger partial charge is 0.120 e. The van der Waals surface area contributed by atoms with Gasteiger partial charge in [-0.15, -0.1) is 0 Å². The van der Waals surface area contributed by atoms with E-state index < -0.39 is 0 Å². The largest absolute Gasteiger partial charge is 0.490 e. The molecule has 0 amide bonds. The Morgan fingerprint density at radius 1 is 1.04 bits per heavy atom. The van der Waals surface area contributed by atoms with Crippen LogP contribution >= 0.6 is 0 Å². The molecule has 2 aliphatic heterocycles. The maximum absolute atomic E-state index is 6.22. The van der Waals surface area contributed by atoms with Crippen LogP contribution in [0.4, 0.5) is 0 Å². The third kappa shape index (κ3) is 4.55. The zero-order valence-electron chi connectivity index (χ0n) is 15.6. The number of likely N-dealkylation sites (tertiary alicyclic amines) is 1. The number of ether oxygens (including phenoxy) is 2. The Hall–Kier alpha value is -1.10. The van der Waals surface area contributed by atoms with Gasteiger partial charge >= 0.3 is 0 Å². The van der Waals surface area contributed by atoms with Crippen molar-refractivity contribution in [3.63, 3.8) is 0 Å². The van der Waals surface area contributed by atoms with E-state index >= 15 is 0 Å². The van der Waals surface area contributed by atoms with Crippen LogP contribution < -0.4 is 4.74 Å². The second kappa shape index (κ2) is 8.07. The van der Waals surface area contributed by atoms with Gasteiger partial charge in [-0.2, -0.15) is 0 Å². The molecule has 2 heterocycles. The fourth-order valence-corrected chi connectivity index (χ4v) is 4.36. The number of aryl methyl sites for hydroxylation is 1. The van der Waals surface area contributed by atoms with Gasteiger partial charge in [-0.05, 0) is 74.9 Å². The van der Waals surface area contributed by atoms with Crippen molar-refractivity contribution in [3.8, 4) is 5.75 Å². The molecular weight excluding hydrogens is 312 g/mol. The molecule has 0 N–H and O–H groups in total. The van der Waals surface area contributed by atoms with Crippen LogP contribution in [0, 0.1) is 12.8 Å². The number of rotatable bonds is 6. The highest BCUT2D eigenvalue weighted by Crippen LogP contribution is 2.33. The average molecular weight is 344 g/mol. The Bertz CT molecular complexity index is 559. The van der Waals surface area contributed by atoms with Crippen molar-refractivity contribution in [2.45, 2.75) is 45.3 Å². The zero-order valence-corrected chi connectivity index (χ0v) is 15.6. The summed E-state index contributed by atoms with van der Waals surface area (Å²) in [5, 5.41) is 0. The van der Waals surface area contributed by atoms with E-state index in [0.29, 0.717) is 6.10 Å². The highest BCUT2D eigenvalue weighted by molar-refractivity contribution is 5.35. The van der Waals surface area contributed by atoms with E-state index in [2.05, 4.69) is 34.9 Å². The molecule has 1 saturated carbocycles. The van der Waals surface area contributed by atoms with Gasteiger partial charge in [0.05, 0.1) is 19.3 Å². The van der Waals surface area contributed by atoms with Gasteiger partial charge in [0.25, 0.3) is 0 Å². The van der Waals surface area contributed by atoms with Gasteiger partial charge in [-0.25, -0.2) is 0 Å². The van der Waals surface area contributed by atoms with Gasteiger partial charge < -0.3 is 9.47 Å². The van der Waals surface area contributed by atoms with E-state index in [0.717, 1.165) is 44.5 Å². The minimum atomic E-state index is 0.412. The fraction of sp³-hybridized carbons (Fsp3) is 0.714. The summed E-state index contributed by atoms with van der Waals surface area (Å²) in [6.07, 6.45) is 5.52. The van der Waals surface area contributed by atoms with Crippen LogP contribution in [-0.2, 0) is 11.3 Å².